The third kappa shape index (κ3) is 4.39. The van der Waals surface area contributed by atoms with Crippen LogP contribution >= 0.6 is 0 Å². The van der Waals surface area contributed by atoms with Gasteiger partial charge in [0, 0.05) is 12.1 Å². The fraction of sp³-hybridized carbons (Fsp3) is 0.235. The van der Waals surface area contributed by atoms with Crippen molar-refractivity contribution in [3.63, 3.8) is 0 Å². The van der Waals surface area contributed by atoms with Crippen molar-refractivity contribution in [3.8, 4) is 5.75 Å². The maximum absolute atomic E-state index is 12.8. The predicted molar refractivity (Wildman–Crippen MR) is 80.1 cm³/mol. The molecule has 0 saturated carbocycles. The second-order valence-corrected chi connectivity index (χ2v) is 4.95. The Morgan fingerprint density at radius 2 is 1.71 bits per heavy atom. The average molecular weight is 287 g/mol. The molecule has 3 nitrogen and oxygen atoms in total. The molecule has 110 valence electrons. The minimum atomic E-state index is -0.335. The van der Waals surface area contributed by atoms with Gasteiger partial charge in [0.1, 0.15) is 11.6 Å². The van der Waals surface area contributed by atoms with Crippen LogP contribution in [0, 0.1) is 5.82 Å². The molecule has 21 heavy (non-hydrogen) atoms. The Morgan fingerprint density at radius 3 is 2.29 bits per heavy atom. The topological polar surface area (TPSA) is 29.5 Å². The number of halogens is 1. The summed E-state index contributed by atoms with van der Waals surface area (Å²) in [6.07, 6.45) is 0. The Hall–Kier alpha value is -2.20. The second kappa shape index (κ2) is 6.99. The van der Waals surface area contributed by atoms with Crippen LogP contribution < -0.4 is 4.74 Å². The van der Waals surface area contributed by atoms with E-state index in [2.05, 4.69) is 0 Å². The molecule has 4 heteroatoms. The van der Waals surface area contributed by atoms with Crippen molar-refractivity contribution in [2.45, 2.75) is 6.54 Å². The van der Waals surface area contributed by atoms with E-state index in [1.165, 1.54) is 24.3 Å². The van der Waals surface area contributed by atoms with Crippen molar-refractivity contribution in [2.75, 3.05) is 20.7 Å². The molecule has 0 heterocycles. The van der Waals surface area contributed by atoms with Crippen LogP contribution in [0.3, 0.4) is 0 Å². The third-order valence-electron chi connectivity index (χ3n) is 3.19. The second-order valence-electron chi connectivity index (χ2n) is 4.95. The largest absolute Gasteiger partial charge is 0.497 e. The quantitative estimate of drug-likeness (QED) is 0.764. The maximum Gasteiger partial charge on any atom is 0.176 e. The standard InChI is InChI=1S/C17H18FNO2/c1-19(11-13-3-9-16(21-2)10-4-13)12-17(20)14-5-7-15(18)8-6-14/h3-10H,11-12H2,1-2H3. The summed E-state index contributed by atoms with van der Waals surface area (Å²) in [6.45, 7) is 0.953. The lowest BCUT2D eigenvalue weighted by molar-refractivity contribution is 0.0943. The first kappa shape index (κ1) is 15.2. The molecule has 0 unspecified atom stereocenters. The van der Waals surface area contributed by atoms with Gasteiger partial charge in [0.05, 0.1) is 13.7 Å². The summed E-state index contributed by atoms with van der Waals surface area (Å²) in [5.41, 5.74) is 1.63. The number of ketones is 1. The van der Waals surface area contributed by atoms with Gasteiger partial charge in [-0.1, -0.05) is 12.1 Å². The van der Waals surface area contributed by atoms with E-state index in [0.717, 1.165) is 11.3 Å². The molecule has 0 atom stereocenters. The van der Waals surface area contributed by atoms with Gasteiger partial charge in [-0.2, -0.15) is 0 Å². The molecule has 0 saturated heterocycles. The summed E-state index contributed by atoms with van der Waals surface area (Å²) in [5.74, 6) is 0.452. The van der Waals surface area contributed by atoms with E-state index >= 15 is 0 Å². The number of nitrogens with zero attached hydrogens (tertiary/aromatic N) is 1. The molecular weight excluding hydrogens is 269 g/mol. The smallest absolute Gasteiger partial charge is 0.176 e. The number of methoxy groups -OCH3 is 1. The zero-order valence-electron chi connectivity index (χ0n) is 12.2. The number of ether oxygens (including phenoxy) is 1. The van der Waals surface area contributed by atoms with Crippen LogP contribution in [0.1, 0.15) is 15.9 Å². The normalized spacial score (nSPS) is 10.7. The van der Waals surface area contributed by atoms with Gasteiger partial charge in [0.15, 0.2) is 5.78 Å². The van der Waals surface area contributed by atoms with Crippen LogP contribution in [0.5, 0.6) is 5.75 Å². The molecule has 0 aromatic heterocycles. The highest BCUT2D eigenvalue weighted by Crippen LogP contribution is 2.13. The van der Waals surface area contributed by atoms with E-state index in [9.17, 15) is 9.18 Å². The summed E-state index contributed by atoms with van der Waals surface area (Å²) in [7, 11) is 3.51. The number of benzene rings is 2. The minimum absolute atomic E-state index is 0.0222. The number of carbonyl (C=O) groups excluding carboxylic acids is 1. The van der Waals surface area contributed by atoms with Crippen LogP contribution in [0.4, 0.5) is 4.39 Å². The number of carbonyl (C=O) groups is 1. The van der Waals surface area contributed by atoms with E-state index in [1.807, 2.05) is 36.2 Å². The Kier molecular flexibility index (Phi) is 5.06. The molecule has 0 aliphatic rings. The number of likely N-dealkylation sites (N-methyl/N-ethyl adjacent to an activating group) is 1. The van der Waals surface area contributed by atoms with Gasteiger partial charge >= 0.3 is 0 Å². The van der Waals surface area contributed by atoms with Crippen LogP contribution in [0.2, 0.25) is 0 Å². The molecule has 2 rings (SSSR count). The molecule has 2 aromatic carbocycles. The van der Waals surface area contributed by atoms with E-state index in [1.54, 1.807) is 7.11 Å². The Labute approximate surface area is 124 Å². The van der Waals surface area contributed by atoms with Crippen LogP contribution in [0.15, 0.2) is 48.5 Å². The Balaban J connectivity index is 1.92. The van der Waals surface area contributed by atoms with E-state index in [-0.39, 0.29) is 18.1 Å². The number of Topliss-reactive ketones (excluding diaryl/α,β-unsaturated/α-hetero) is 1. The van der Waals surface area contributed by atoms with Gasteiger partial charge in [-0.25, -0.2) is 4.39 Å². The molecule has 0 bridgehead atoms. The fourth-order valence-corrected chi connectivity index (χ4v) is 2.07. The highest BCUT2D eigenvalue weighted by Gasteiger charge is 2.10. The highest BCUT2D eigenvalue weighted by atomic mass is 19.1. The number of rotatable bonds is 6. The fourth-order valence-electron chi connectivity index (χ4n) is 2.07. The zero-order chi connectivity index (χ0) is 15.2. The molecule has 0 spiro atoms. The molecule has 0 N–H and O–H groups in total. The lowest BCUT2D eigenvalue weighted by Crippen LogP contribution is -2.25. The maximum atomic E-state index is 12.8. The number of hydrogen-bond donors (Lipinski definition) is 0. The zero-order valence-corrected chi connectivity index (χ0v) is 12.2. The van der Waals surface area contributed by atoms with E-state index < -0.39 is 0 Å². The molecule has 0 amide bonds. The lowest BCUT2D eigenvalue weighted by Gasteiger charge is -2.16. The molecule has 0 aliphatic heterocycles. The van der Waals surface area contributed by atoms with Gasteiger partial charge in [0.2, 0.25) is 0 Å². The average Bonchev–Trinajstić information content (AvgIpc) is 2.48. The highest BCUT2D eigenvalue weighted by molar-refractivity contribution is 5.97. The van der Waals surface area contributed by atoms with Gasteiger partial charge in [-0.15, -0.1) is 0 Å². The van der Waals surface area contributed by atoms with E-state index in [4.69, 9.17) is 4.74 Å². The number of hydrogen-bond acceptors (Lipinski definition) is 3. The van der Waals surface area contributed by atoms with Crippen molar-refractivity contribution in [3.05, 3.63) is 65.5 Å². The third-order valence-corrected chi connectivity index (χ3v) is 3.19. The molecule has 0 fully saturated rings. The lowest BCUT2D eigenvalue weighted by atomic mass is 10.1. The predicted octanol–water partition coefficient (Wildman–Crippen LogP) is 3.15. The molecule has 0 radical (unpaired) electrons. The van der Waals surface area contributed by atoms with Gasteiger partial charge in [0.25, 0.3) is 0 Å². The van der Waals surface area contributed by atoms with E-state index in [0.29, 0.717) is 12.1 Å². The van der Waals surface area contributed by atoms with Gasteiger partial charge in [-0.3, -0.25) is 9.69 Å². The van der Waals surface area contributed by atoms with Crippen molar-refractivity contribution >= 4 is 5.78 Å². The van der Waals surface area contributed by atoms with Gasteiger partial charge in [-0.05, 0) is 49.0 Å². The first-order chi connectivity index (χ1) is 10.1. The summed E-state index contributed by atoms with van der Waals surface area (Å²) < 4.78 is 17.9. The van der Waals surface area contributed by atoms with Crippen LogP contribution in [0.25, 0.3) is 0 Å². The van der Waals surface area contributed by atoms with Gasteiger partial charge < -0.3 is 4.74 Å². The van der Waals surface area contributed by atoms with Crippen molar-refractivity contribution < 1.29 is 13.9 Å². The first-order valence-corrected chi connectivity index (χ1v) is 6.68. The van der Waals surface area contributed by atoms with Crippen molar-refractivity contribution in [1.82, 2.24) is 4.90 Å². The van der Waals surface area contributed by atoms with Crippen LogP contribution in [-0.2, 0) is 6.54 Å². The summed E-state index contributed by atoms with van der Waals surface area (Å²) in [6, 6.07) is 13.4. The first-order valence-electron chi connectivity index (χ1n) is 6.68. The summed E-state index contributed by atoms with van der Waals surface area (Å²) >= 11 is 0. The molecular formula is C17H18FNO2. The SMILES string of the molecule is COc1ccc(CN(C)CC(=O)c2ccc(F)cc2)cc1. The Bertz CT molecular complexity index is 593. The Morgan fingerprint density at radius 1 is 1.10 bits per heavy atom. The summed E-state index contributed by atoms with van der Waals surface area (Å²) in [5, 5.41) is 0. The summed E-state index contributed by atoms with van der Waals surface area (Å²) in [4.78, 5) is 14.0. The van der Waals surface area contributed by atoms with Crippen LogP contribution in [-0.4, -0.2) is 31.4 Å². The monoisotopic (exact) mass is 287 g/mol. The molecule has 2 aromatic rings. The minimum Gasteiger partial charge on any atom is -0.497 e. The van der Waals surface area contributed by atoms with Crippen molar-refractivity contribution in [2.24, 2.45) is 0 Å². The van der Waals surface area contributed by atoms with Crippen molar-refractivity contribution in [1.29, 1.82) is 0 Å². The molecule has 0 aliphatic carbocycles.